The van der Waals surface area contributed by atoms with Gasteiger partial charge in [-0.25, -0.2) is 0 Å². The smallest absolute Gasteiger partial charge is 0.227 e. The summed E-state index contributed by atoms with van der Waals surface area (Å²) in [5, 5.41) is 7.35. The molecule has 5 heteroatoms. The van der Waals surface area contributed by atoms with Crippen LogP contribution in [0.25, 0.3) is 0 Å². The summed E-state index contributed by atoms with van der Waals surface area (Å²) in [4.78, 5) is 14.0. The van der Waals surface area contributed by atoms with E-state index >= 15 is 0 Å². The van der Waals surface area contributed by atoms with Crippen LogP contribution in [0.4, 0.5) is 11.4 Å². The van der Waals surface area contributed by atoms with E-state index in [-0.39, 0.29) is 11.9 Å². The van der Waals surface area contributed by atoms with Crippen molar-refractivity contribution >= 4 is 34.6 Å². The molecule has 0 bridgehead atoms. The number of nitrogens with zero attached hydrogens (tertiary/aromatic N) is 1. The van der Waals surface area contributed by atoms with E-state index in [1.165, 1.54) is 5.56 Å². The number of rotatable bonds is 5. The van der Waals surface area contributed by atoms with Gasteiger partial charge in [0.15, 0.2) is 5.11 Å². The summed E-state index contributed by atoms with van der Waals surface area (Å²) in [6.45, 7) is 4.92. The Labute approximate surface area is 189 Å². The molecule has 1 atom stereocenters. The molecule has 0 spiro atoms. The van der Waals surface area contributed by atoms with E-state index in [9.17, 15) is 4.79 Å². The van der Waals surface area contributed by atoms with Gasteiger partial charge < -0.3 is 15.5 Å². The van der Waals surface area contributed by atoms with E-state index in [0.29, 0.717) is 11.5 Å². The van der Waals surface area contributed by atoms with Crippen LogP contribution in [0.3, 0.4) is 0 Å². The minimum absolute atomic E-state index is 0.0521. The highest BCUT2D eigenvalue weighted by molar-refractivity contribution is 7.80. The lowest BCUT2D eigenvalue weighted by Gasteiger charge is -2.23. The Balaban J connectivity index is 1.52. The van der Waals surface area contributed by atoms with Crippen LogP contribution in [0.15, 0.2) is 72.8 Å². The average Bonchev–Trinajstić information content (AvgIpc) is 3.18. The molecular weight excluding hydrogens is 402 g/mol. The second-order valence-electron chi connectivity index (χ2n) is 8.01. The minimum Gasteiger partial charge on any atom is -0.352 e. The molecular formula is C26H27N3OS. The van der Waals surface area contributed by atoms with E-state index in [1.54, 1.807) is 0 Å². The third kappa shape index (κ3) is 4.94. The first kappa shape index (κ1) is 21.1. The Morgan fingerprint density at radius 1 is 0.968 bits per heavy atom. The molecule has 31 heavy (non-hydrogen) atoms. The fourth-order valence-corrected chi connectivity index (χ4v) is 4.33. The van der Waals surface area contributed by atoms with Crippen molar-refractivity contribution in [3.8, 4) is 0 Å². The van der Waals surface area contributed by atoms with Gasteiger partial charge in [-0.3, -0.25) is 4.79 Å². The van der Waals surface area contributed by atoms with Gasteiger partial charge in [-0.1, -0.05) is 60.2 Å². The molecule has 0 aromatic heterocycles. The van der Waals surface area contributed by atoms with Gasteiger partial charge in [-0.05, 0) is 67.4 Å². The van der Waals surface area contributed by atoms with Gasteiger partial charge in [-0.2, -0.15) is 0 Å². The Hall–Kier alpha value is -3.18. The summed E-state index contributed by atoms with van der Waals surface area (Å²) >= 11 is 5.66. The van der Waals surface area contributed by atoms with Crippen molar-refractivity contribution in [2.24, 2.45) is 0 Å². The molecule has 158 valence electrons. The van der Waals surface area contributed by atoms with E-state index in [0.717, 1.165) is 41.0 Å². The van der Waals surface area contributed by atoms with Crippen LogP contribution >= 0.6 is 12.2 Å². The molecule has 1 fully saturated rings. The molecule has 1 heterocycles. The number of hydrogen-bond acceptors (Lipinski definition) is 2. The predicted molar refractivity (Wildman–Crippen MR) is 132 cm³/mol. The highest BCUT2D eigenvalue weighted by atomic mass is 32.1. The van der Waals surface area contributed by atoms with Crippen molar-refractivity contribution in [3.63, 3.8) is 0 Å². The minimum atomic E-state index is -0.0521. The monoisotopic (exact) mass is 429 g/mol. The molecule has 4 rings (SSSR count). The molecule has 0 radical (unpaired) electrons. The average molecular weight is 430 g/mol. The van der Waals surface area contributed by atoms with Gasteiger partial charge in [0, 0.05) is 24.3 Å². The van der Waals surface area contributed by atoms with E-state index < -0.39 is 0 Å². The number of nitrogens with one attached hydrogen (secondary N) is 2. The number of anilines is 2. The number of carbonyl (C=O) groups excluding carboxylic acids is 1. The molecule has 3 aromatic rings. The summed E-state index contributed by atoms with van der Waals surface area (Å²) in [5.41, 5.74) is 6.46. The highest BCUT2D eigenvalue weighted by Gasteiger charge is 2.23. The molecule has 0 unspecified atom stereocenters. The Bertz CT molecular complexity index is 1100. The standard InChI is InChI=1S/C26H27N3OS/c1-18-8-6-11-21(16-18)25(20-9-4-3-5-10-20)28-26(31)27-22-13-14-23(19(2)17-22)29-15-7-12-24(29)30/h3-6,8-11,13-14,16-17,25H,7,12,15H2,1-2H3,(H2,27,28,31)/t25-/m0/s1. The number of hydrogen-bond donors (Lipinski definition) is 2. The van der Waals surface area contributed by atoms with Crippen LogP contribution in [0.1, 0.15) is 41.1 Å². The van der Waals surface area contributed by atoms with Gasteiger partial charge >= 0.3 is 0 Å². The molecule has 1 aliphatic heterocycles. The Morgan fingerprint density at radius 2 is 1.74 bits per heavy atom. The van der Waals surface area contributed by atoms with E-state index in [1.807, 2.05) is 48.2 Å². The maximum Gasteiger partial charge on any atom is 0.227 e. The maximum atomic E-state index is 12.1. The molecule has 4 nitrogen and oxygen atoms in total. The number of carbonyl (C=O) groups is 1. The van der Waals surface area contributed by atoms with Crippen LogP contribution in [0, 0.1) is 13.8 Å². The zero-order valence-electron chi connectivity index (χ0n) is 17.9. The first-order chi connectivity index (χ1) is 15.0. The van der Waals surface area contributed by atoms with Crippen LogP contribution in [-0.2, 0) is 4.79 Å². The zero-order valence-corrected chi connectivity index (χ0v) is 18.7. The van der Waals surface area contributed by atoms with Crippen molar-refractivity contribution in [1.82, 2.24) is 5.32 Å². The number of aryl methyl sites for hydroxylation is 2. The van der Waals surface area contributed by atoms with Crippen LogP contribution < -0.4 is 15.5 Å². The summed E-state index contributed by atoms with van der Waals surface area (Å²) in [6, 6.07) is 24.7. The fraction of sp³-hybridized carbons (Fsp3) is 0.231. The third-order valence-electron chi connectivity index (χ3n) is 5.60. The summed E-state index contributed by atoms with van der Waals surface area (Å²) < 4.78 is 0. The molecule has 2 N–H and O–H groups in total. The molecule has 3 aromatic carbocycles. The largest absolute Gasteiger partial charge is 0.352 e. The number of amides is 1. The van der Waals surface area contributed by atoms with Gasteiger partial charge in [0.2, 0.25) is 5.91 Å². The van der Waals surface area contributed by atoms with E-state index in [2.05, 4.69) is 54.0 Å². The number of benzene rings is 3. The van der Waals surface area contributed by atoms with Gasteiger partial charge in [0.25, 0.3) is 0 Å². The normalized spacial score (nSPS) is 14.4. The summed E-state index contributed by atoms with van der Waals surface area (Å²) in [7, 11) is 0. The van der Waals surface area contributed by atoms with Crippen molar-refractivity contribution in [2.45, 2.75) is 32.7 Å². The number of thiocarbonyl (C=S) groups is 1. The van der Waals surface area contributed by atoms with E-state index in [4.69, 9.17) is 12.2 Å². The Morgan fingerprint density at radius 3 is 2.42 bits per heavy atom. The molecule has 1 aliphatic rings. The first-order valence-corrected chi connectivity index (χ1v) is 11.0. The van der Waals surface area contributed by atoms with Crippen molar-refractivity contribution < 1.29 is 4.79 Å². The van der Waals surface area contributed by atoms with Gasteiger partial charge in [0.05, 0.1) is 6.04 Å². The van der Waals surface area contributed by atoms with Gasteiger partial charge in [-0.15, -0.1) is 0 Å². The van der Waals surface area contributed by atoms with Crippen molar-refractivity contribution in [2.75, 3.05) is 16.8 Å². The highest BCUT2D eigenvalue weighted by Crippen LogP contribution is 2.28. The van der Waals surface area contributed by atoms with Crippen molar-refractivity contribution in [1.29, 1.82) is 0 Å². The first-order valence-electron chi connectivity index (χ1n) is 10.6. The lowest BCUT2D eigenvalue weighted by Crippen LogP contribution is -2.33. The fourth-order valence-electron chi connectivity index (χ4n) is 4.09. The van der Waals surface area contributed by atoms with Gasteiger partial charge in [0.1, 0.15) is 0 Å². The quantitative estimate of drug-likeness (QED) is 0.525. The molecule has 1 amide bonds. The summed E-state index contributed by atoms with van der Waals surface area (Å²) in [6.07, 6.45) is 1.55. The van der Waals surface area contributed by atoms with Crippen LogP contribution in [-0.4, -0.2) is 17.6 Å². The topological polar surface area (TPSA) is 44.4 Å². The van der Waals surface area contributed by atoms with Crippen LogP contribution in [0.5, 0.6) is 0 Å². The van der Waals surface area contributed by atoms with Crippen LogP contribution in [0.2, 0.25) is 0 Å². The zero-order chi connectivity index (χ0) is 21.8. The summed E-state index contributed by atoms with van der Waals surface area (Å²) in [5.74, 6) is 0.199. The molecule has 0 saturated carbocycles. The lowest BCUT2D eigenvalue weighted by molar-refractivity contribution is -0.117. The SMILES string of the molecule is Cc1cccc([C@@H](NC(=S)Nc2ccc(N3CCCC3=O)c(C)c2)c2ccccc2)c1. The molecule has 1 saturated heterocycles. The second-order valence-corrected chi connectivity index (χ2v) is 8.41. The van der Waals surface area contributed by atoms with Crippen molar-refractivity contribution in [3.05, 3.63) is 95.1 Å². The second kappa shape index (κ2) is 9.31. The lowest BCUT2D eigenvalue weighted by atomic mass is 9.97. The predicted octanol–water partition coefficient (Wildman–Crippen LogP) is 5.51. The Kier molecular flexibility index (Phi) is 6.33. The third-order valence-corrected chi connectivity index (χ3v) is 5.82. The maximum absolute atomic E-state index is 12.1. The molecule has 0 aliphatic carbocycles.